The number of aromatic nitrogens is 1. The molecule has 0 saturated heterocycles. The first-order chi connectivity index (χ1) is 8.77. The van der Waals surface area contributed by atoms with Gasteiger partial charge in [-0.25, -0.2) is 0 Å². The van der Waals surface area contributed by atoms with Crippen LogP contribution in [-0.2, 0) is 7.05 Å². The minimum atomic E-state index is 0.781. The van der Waals surface area contributed by atoms with Crippen LogP contribution in [-0.4, -0.2) is 4.57 Å². The van der Waals surface area contributed by atoms with E-state index >= 15 is 0 Å². The van der Waals surface area contributed by atoms with Crippen molar-refractivity contribution in [2.45, 2.75) is 0 Å². The summed E-state index contributed by atoms with van der Waals surface area (Å²) in [5, 5.41) is 4.05. The van der Waals surface area contributed by atoms with E-state index in [1.165, 1.54) is 10.3 Å². The molecule has 2 heterocycles. The zero-order chi connectivity index (χ0) is 12.5. The number of nitrogens with zero attached hydrogens (tertiary/aromatic N) is 1. The average Bonchev–Trinajstić information content (AvgIpc) is 2.98. The third-order valence-electron chi connectivity index (χ3n) is 3.03. The quantitative estimate of drug-likeness (QED) is 0.615. The molecule has 0 unspecified atom stereocenters. The number of aryl methyl sites for hydroxylation is 1. The summed E-state index contributed by atoms with van der Waals surface area (Å²) in [5.74, 6) is 0. The van der Waals surface area contributed by atoms with E-state index < -0.39 is 0 Å². The van der Waals surface area contributed by atoms with Crippen molar-refractivity contribution in [1.82, 2.24) is 4.57 Å². The maximum atomic E-state index is 6.39. The third-order valence-corrected chi connectivity index (χ3v) is 4.32. The molecule has 0 aliphatic carbocycles. The Bertz CT molecular complexity index is 708. The van der Waals surface area contributed by atoms with Crippen molar-refractivity contribution in [3.8, 4) is 0 Å². The normalized spacial score (nSPS) is 11.7. The molecule has 0 aliphatic heterocycles. The van der Waals surface area contributed by atoms with Crippen LogP contribution in [0.3, 0.4) is 0 Å². The summed E-state index contributed by atoms with van der Waals surface area (Å²) in [7, 11) is 1.99. The number of fused-ring (bicyclic) bond motifs is 1. The fourth-order valence-corrected chi connectivity index (χ4v) is 2.98. The Morgan fingerprint density at radius 3 is 2.72 bits per heavy atom. The van der Waals surface area contributed by atoms with Gasteiger partial charge in [-0.3, -0.25) is 0 Å². The predicted molar refractivity (Wildman–Crippen MR) is 81.2 cm³/mol. The second kappa shape index (κ2) is 4.63. The van der Waals surface area contributed by atoms with E-state index in [4.69, 9.17) is 11.6 Å². The van der Waals surface area contributed by atoms with Gasteiger partial charge in [0.1, 0.15) is 5.15 Å². The highest BCUT2D eigenvalue weighted by Gasteiger charge is 2.10. The molecule has 0 fully saturated rings. The van der Waals surface area contributed by atoms with Gasteiger partial charge >= 0.3 is 0 Å². The second-order valence-electron chi connectivity index (χ2n) is 4.13. The van der Waals surface area contributed by atoms with E-state index in [-0.39, 0.29) is 0 Å². The summed E-state index contributed by atoms with van der Waals surface area (Å²) < 4.78 is 2.02. The molecule has 90 valence electrons. The Morgan fingerprint density at radius 1 is 1.11 bits per heavy atom. The van der Waals surface area contributed by atoms with E-state index in [0.717, 1.165) is 16.2 Å². The molecule has 0 bridgehead atoms. The molecule has 3 rings (SSSR count). The second-order valence-corrected chi connectivity index (χ2v) is 5.47. The lowest BCUT2D eigenvalue weighted by Crippen LogP contribution is -1.85. The summed E-state index contributed by atoms with van der Waals surface area (Å²) in [6, 6.07) is 12.4. The Labute approximate surface area is 115 Å². The van der Waals surface area contributed by atoms with E-state index in [2.05, 4.69) is 41.8 Å². The number of para-hydroxylation sites is 1. The molecule has 0 amide bonds. The number of hydrogen-bond acceptors (Lipinski definition) is 1. The SMILES string of the molecule is Cn1c(Cl)c(/C=C\c2cccs2)c2ccccc21. The molecule has 3 heteroatoms. The summed E-state index contributed by atoms with van der Waals surface area (Å²) in [6.45, 7) is 0. The minimum Gasteiger partial charge on any atom is -0.334 e. The summed E-state index contributed by atoms with van der Waals surface area (Å²) in [5.41, 5.74) is 2.25. The van der Waals surface area contributed by atoms with Crippen molar-refractivity contribution in [2.24, 2.45) is 7.05 Å². The maximum Gasteiger partial charge on any atom is 0.117 e. The number of thiophene rings is 1. The molecule has 0 saturated carbocycles. The Balaban J connectivity index is 2.14. The molecule has 1 aromatic carbocycles. The topological polar surface area (TPSA) is 4.93 Å². The molecule has 3 aromatic rings. The predicted octanol–water partition coefficient (Wildman–Crippen LogP) is 5.06. The van der Waals surface area contributed by atoms with E-state index in [1.807, 2.05) is 23.7 Å². The molecular weight excluding hydrogens is 262 g/mol. The minimum absolute atomic E-state index is 0.781. The first-order valence-electron chi connectivity index (χ1n) is 5.72. The molecular formula is C15H12ClNS. The number of halogens is 1. The van der Waals surface area contributed by atoms with Crippen LogP contribution in [0.4, 0.5) is 0 Å². The maximum absolute atomic E-state index is 6.39. The molecule has 18 heavy (non-hydrogen) atoms. The van der Waals surface area contributed by atoms with Crippen molar-refractivity contribution in [1.29, 1.82) is 0 Å². The highest BCUT2D eigenvalue weighted by atomic mass is 35.5. The molecule has 0 spiro atoms. The van der Waals surface area contributed by atoms with Gasteiger partial charge < -0.3 is 4.57 Å². The van der Waals surface area contributed by atoms with E-state index in [0.29, 0.717) is 0 Å². The first kappa shape index (κ1) is 11.6. The molecule has 0 radical (unpaired) electrons. The van der Waals surface area contributed by atoms with Crippen LogP contribution in [0.15, 0.2) is 41.8 Å². The number of benzene rings is 1. The molecule has 0 N–H and O–H groups in total. The van der Waals surface area contributed by atoms with Crippen LogP contribution in [0, 0.1) is 0 Å². The van der Waals surface area contributed by atoms with Crippen molar-refractivity contribution in [2.75, 3.05) is 0 Å². The molecule has 2 aromatic heterocycles. The van der Waals surface area contributed by atoms with Gasteiger partial charge in [0.05, 0.1) is 0 Å². The average molecular weight is 274 g/mol. The standard InChI is InChI=1S/C15H12ClNS/c1-17-14-7-3-2-6-12(14)13(15(17)16)9-8-11-5-4-10-18-11/h2-10H,1H3/b9-8-. The van der Waals surface area contributed by atoms with Crippen molar-refractivity contribution in [3.05, 3.63) is 57.4 Å². The fraction of sp³-hybridized carbons (Fsp3) is 0.0667. The van der Waals surface area contributed by atoms with E-state index in [1.54, 1.807) is 11.3 Å². The summed E-state index contributed by atoms with van der Waals surface area (Å²) in [6.07, 6.45) is 4.20. The van der Waals surface area contributed by atoms with Gasteiger partial charge in [-0.2, -0.15) is 0 Å². The van der Waals surface area contributed by atoms with Crippen LogP contribution in [0.5, 0.6) is 0 Å². The van der Waals surface area contributed by atoms with Gasteiger partial charge in [-0.05, 0) is 29.7 Å². The van der Waals surface area contributed by atoms with Gasteiger partial charge in [0, 0.05) is 28.4 Å². The molecule has 1 nitrogen and oxygen atoms in total. The van der Waals surface area contributed by atoms with Crippen molar-refractivity contribution < 1.29 is 0 Å². The van der Waals surface area contributed by atoms with Gasteiger partial charge in [0.15, 0.2) is 0 Å². The Kier molecular flexibility index (Phi) is 2.98. The lowest BCUT2D eigenvalue weighted by Gasteiger charge is -1.95. The van der Waals surface area contributed by atoms with Crippen LogP contribution >= 0.6 is 22.9 Å². The lowest BCUT2D eigenvalue weighted by molar-refractivity contribution is 0.969. The van der Waals surface area contributed by atoms with E-state index in [9.17, 15) is 0 Å². The van der Waals surface area contributed by atoms with Gasteiger partial charge in [-0.15, -0.1) is 11.3 Å². The van der Waals surface area contributed by atoms with Crippen molar-refractivity contribution in [3.63, 3.8) is 0 Å². The number of rotatable bonds is 2. The highest BCUT2D eigenvalue weighted by Crippen LogP contribution is 2.30. The first-order valence-corrected chi connectivity index (χ1v) is 6.97. The smallest absolute Gasteiger partial charge is 0.117 e. The van der Waals surface area contributed by atoms with Crippen LogP contribution < -0.4 is 0 Å². The zero-order valence-corrected chi connectivity index (χ0v) is 11.5. The highest BCUT2D eigenvalue weighted by molar-refractivity contribution is 7.10. The summed E-state index contributed by atoms with van der Waals surface area (Å²) >= 11 is 8.12. The zero-order valence-electron chi connectivity index (χ0n) is 9.93. The third kappa shape index (κ3) is 1.88. The van der Waals surface area contributed by atoms with Crippen LogP contribution in [0.25, 0.3) is 23.1 Å². The van der Waals surface area contributed by atoms with Crippen LogP contribution in [0.1, 0.15) is 10.4 Å². The largest absolute Gasteiger partial charge is 0.334 e. The fourth-order valence-electron chi connectivity index (χ4n) is 2.10. The lowest BCUT2D eigenvalue weighted by atomic mass is 10.1. The van der Waals surface area contributed by atoms with Gasteiger partial charge in [0.25, 0.3) is 0 Å². The molecule has 0 atom stereocenters. The molecule has 0 aliphatic rings. The summed E-state index contributed by atoms with van der Waals surface area (Å²) in [4.78, 5) is 1.24. The Morgan fingerprint density at radius 2 is 1.94 bits per heavy atom. The van der Waals surface area contributed by atoms with Gasteiger partial charge in [-0.1, -0.05) is 35.9 Å². The Hall–Kier alpha value is -1.51. The van der Waals surface area contributed by atoms with Crippen LogP contribution in [0.2, 0.25) is 5.15 Å². The number of hydrogen-bond donors (Lipinski definition) is 0. The monoisotopic (exact) mass is 273 g/mol. The van der Waals surface area contributed by atoms with Crippen molar-refractivity contribution >= 4 is 46.0 Å². The van der Waals surface area contributed by atoms with Gasteiger partial charge in [0.2, 0.25) is 0 Å².